The number of β-amino-alcohol motifs (C(OH)–C–C–N with tert-alkyl or cyclic N) is 1. The van der Waals surface area contributed by atoms with Gasteiger partial charge in [-0.05, 0) is 49.8 Å². The summed E-state index contributed by atoms with van der Waals surface area (Å²) in [5.74, 6) is -0.312. The number of rotatable bonds is 7. The van der Waals surface area contributed by atoms with Gasteiger partial charge in [0.05, 0.1) is 11.7 Å². The van der Waals surface area contributed by atoms with Gasteiger partial charge in [-0.25, -0.2) is 9.59 Å². The maximum atomic E-state index is 13.3. The third-order valence-electron chi connectivity index (χ3n) is 7.77. The molecule has 2 aromatic rings. The number of piperidine rings is 1. The van der Waals surface area contributed by atoms with Gasteiger partial charge in [0.15, 0.2) is 0 Å². The lowest BCUT2D eigenvalue weighted by atomic mass is 9.72. The molecule has 6 N–H and O–H groups in total. The Balaban J connectivity index is 1.68. The van der Waals surface area contributed by atoms with Crippen LogP contribution >= 0.6 is 11.6 Å². The summed E-state index contributed by atoms with van der Waals surface area (Å²) in [5, 5.41) is 34.5. The van der Waals surface area contributed by atoms with Crippen LogP contribution in [0.5, 0.6) is 0 Å². The number of nitrogens with two attached hydrogens (primary N) is 1. The van der Waals surface area contributed by atoms with E-state index in [0.29, 0.717) is 42.9 Å². The van der Waals surface area contributed by atoms with Crippen molar-refractivity contribution in [2.45, 2.75) is 50.4 Å². The fourth-order valence-electron chi connectivity index (χ4n) is 5.80. The van der Waals surface area contributed by atoms with E-state index in [-0.39, 0.29) is 38.0 Å². The van der Waals surface area contributed by atoms with Gasteiger partial charge in [0.2, 0.25) is 0 Å². The highest BCUT2D eigenvalue weighted by Crippen LogP contribution is 2.45. The van der Waals surface area contributed by atoms with Crippen molar-refractivity contribution in [1.82, 2.24) is 15.1 Å². The molecule has 4 rings (SSSR count). The lowest BCUT2D eigenvalue weighted by Crippen LogP contribution is -2.52. The van der Waals surface area contributed by atoms with Crippen LogP contribution in [0.15, 0.2) is 42.5 Å². The molecule has 0 saturated carbocycles. The quantitative estimate of drug-likeness (QED) is 0.339. The van der Waals surface area contributed by atoms with Gasteiger partial charge in [0.1, 0.15) is 0 Å². The molecule has 38 heavy (non-hydrogen) atoms. The molecule has 2 saturated heterocycles. The number of carbonyl (C=O) groups is 2. The topological polar surface area (TPSA) is 139 Å². The van der Waals surface area contributed by atoms with Crippen molar-refractivity contribution in [2.75, 3.05) is 32.7 Å². The third-order valence-corrected chi connectivity index (χ3v) is 8.08. The summed E-state index contributed by atoms with van der Waals surface area (Å²) in [6, 6.07) is 12.8. The lowest BCUT2D eigenvalue weighted by molar-refractivity contribution is -0.0560. The number of nitrogens with zero attached hydrogens (tertiary/aromatic N) is 2. The van der Waals surface area contributed by atoms with Gasteiger partial charge >= 0.3 is 12.1 Å². The number of hydrogen-bond acceptors (Lipinski definition) is 5. The molecule has 0 bridgehead atoms. The number of nitrogens with one attached hydrogen (secondary N) is 1. The Kier molecular flexibility index (Phi) is 8.82. The zero-order valence-electron chi connectivity index (χ0n) is 21.6. The van der Waals surface area contributed by atoms with Crippen LogP contribution in [-0.2, 0) is 5.60 Å². The van der Waals surface area contributed by atoms with Crippen LogP contribution in [0.4, 0.5) is 9.59 Å². The van der Waals surface area contributed by atoms with Crippen LogP contribution in [0.3, 0.4) is 0 Å². The summed E-state index contributed by atoms with van der Waals surface area (Å²) in [6.45, 7) is 3.54. The molecule has 0 aromatic heterocycles. The van der Waals surface area contributed by atoms with E-state index in [1.165, 1.54) is 0 Å². The van der Waals surface area contributed by atoms with Crippen LogP contribution in [0.1, 0.15) is 36.8 Å². The molecule has 2 aliphatic heterocycles. The molecule has 0 aliphatic carbocycles. The van der Waals surface area contributed by atoms with Gasteiger partial charge in [-0.3, -0.25) is 0 Å². The van der Waals surface area contributed by atoms with E-state index in [9.17, 15) is 19.8 Å². The molecule has 3 amide bonds. The van der Waals surface area contributed by atoms with Crippen LogP contribution in [0.25, 0.3) is 11.1 Å². The second kappa shape index (κ2) is 11.9. The SMILES string of the molecule is Cc1cccc(-c2c(Cl)cccc2[C@](O)(CCCNC(=O)O)[C@@H]2CCCN(C(=O)N3C[C@@H](N)[C@@H](O)C3)C2)c1. The van der Waals surface area contributed by atoms with Crippen molar-refractivity contribution in [3.63, 3.8) is 0 Å². The largest absolute Gasteiger partial charge is 0.465 e. The molecule has 2 heterocycles. The molecule has 2 fully saturated rings. The Morgan fingerprint density at radius 1 is 1.16 bits per heavy atom. The fraction of sp³-hybridized carbons (Fsp3) is 0.500. The summed E-state index contributed by atoms with van der Waals surface area (Å²) >= 11 is 6.75. The number of amides is 3. The number of likely N-dealkylation sites (tertiary alicyclic amines) is 2. The maximum Gasteiger partial charge on any atom is 0.404 e. The van der Waals surface area contributed by atoms with E-state index >= 15 is 0 Å². The molecule has 0 radical (unpaired) electrons. The van der Waals surface area contributed by atoms with Crippen LogP contribution < -0.4 is 11.1 Å². The number of aryl methyl sites for hydroxylation is 1. The number of benzene rings is 2. The zero-order chi connectivity index (χ0) is 27.4. The Labute approximate surface area is 228 Å². The van der Waals surface area contributed by atoms with Crippen molar-refractivity contribution in [1.29, 1.82) is 0 Å². The van der Waals surface area contributed by atoms with E-state index in [0.717, 1.165) is 16.7 Å². The predicted octanol–water partition coefficient (Wildman–Crippen LogP) is 3.39. The number of hydrogen-bond donors (Lipinski definition) is 5. The highest BCUT2D eigenvalue weighted by atomic mass is 35.5. The Morgan fingerprint density at radius 2 is 1.92 bits per heavy atom. The summed E-state index contributed by atoms with van der Waals surface area (Å²) in [4.78, 5) is 27.7. The first kappa shape index (κ1) is 28.2. The van der Waals surface area contributed by atoms with E-state index in [1.54, 1.807) is 15.9 Å². The Hall–Kier alpha value is -2.85. The molecular formula is C28H37ClN4O5. The van der Waals surface area contributed by atoms with Crippen molar-refractivity contribution in [2.24, 2.45) is 11.7 Å². The predicted molar refractivity (Wildman–Crippen MR) is 146 cm³/mol. The zero-order valence-corrected chi connectivity index (χ0v) is 22.4. The van der Waals surface area contributed by atoms with Crippen molar-refractivity contribution in [3.8, 4) is 11.1 Å². The first-order valence-corrected chi connectivity index (χ1v) is 13.5. The molecule has 0 unspecified atom stereocenters. The normalized spacial score (nSPS) is 23.2. The van der Waals surface area contributed by atoms with Gasteiger partial charge < -0.3 is 36.2 Å². The van der Waals surface area contributed by atoms with E-state index in [4.69, 9.17) is 22.4 Å². The summed E-state index contributed by atoms with van der Waals surface area (Å²) in [7, 11) is 0. The minimum Gasteiger partial charge on any atom is -0.465 e. The van der Waals surface area contributed by atoms with Crippen LogP contribution in [-0.4, -0.2) is 82.1 Å². The molecule has 4 atom stereocenters. The highest BCUT2D eigenvalue weighted by Gasteiger charge is 2.44. The number of aliphatic hydroxyl groups excluding tert-OH is 1. The molecule has 10 heteroatoms. The fourth-order valence-corrected chi connectivity index (χ4v) is 6.08. The standard InChI is InChI=1S/C28H37ClN4O5/c1-18-6-2-7-19(14-18)25-21(9-3-10-22(25)29)28(38,11-5-12-31-26(35)36)20-8-4-13-32(15-20)27(37)33-16-23(30)24(34)17-33/h2-3,6-7,9-10,14,20,23-24,31,34,38H,4-5,8,11-13,15-17,30H2,1H3,(H,35,36)/t20-,23-,24+,28+/m1/s1. The smallest absolute Gasteiger partial charge is 0.404 e. The number of carboxylic acid groups (broad SMARTS) is 1. The molecule has 9 nitrogen and oxygen atoms in total. The lowest BCUT2D eigenvalue weighted by Gasteiger charge is -2.44. The van der Waals surface area contributed by atoms with Crippen LogP contribution in [0, 0.1) is 12.8 Å². The first-order chi connectivity index (χ1) is 18.1. The second-order valence-corrected chi connectivity index (χ2v) is 10.9. The first-order valence-electron chi connectivity index (χ1n) is 13.1. The van der Waals surface area contributed by atoms with Crippen molar-refractivity contribution < 1.29 is 24.9 Å². The Morgan fingerprint density at radius 3 is 2.61 bits per heavy atom. The van der Waals surface area contributed by atoms with Crippen molar-refractivity contribution >= 4 is 23.7 Å². The van der Waals surface area contributed by atoms with Crippen LogP contribution in [0.2, 0.25) is 5.02 Å². The number of urea groups is 1. The van der Waals surface area contributed by atoms with Crippen molar-refractivity contribution in [3.05, 3.63) is 58.6 Å². The highest BCUT2D eigenvalue weighted by molar-refractivity contribution is 6.33. The second-order valence-electron chi connectivity index (χ2n) is 10.5. The van der Waals surface area contributed by atoms with E-state index in [1.807, 2.05) is 43.3 Å². The molecule has 0 spiro atoms. The van der Waals surface area contributed by atoms with Gasteiger partial charge in [-0.15, -0.1) is 0 Å². The van der Waals surface area contributed by atoms with Gasteiger partial charge in [-0.1, -0.05) is 53.6 Å². The molecule has 2 aromatic carbocycles. The maximum absolute atomic E-state index is 13.3. The Bertz CT molecular complexity index is 1150. The van der Waals surface area contributed by atoms with Gasteiger partial charge in [0.25, 0.3) is 0 Å². The molecular weight excluding hydrogens is 508 g/mol. The average Bonchev–Trinajstić information content (AvgIpc) is 3.23. The third kappa shape index (κ3) is 6.07. The van der Waals surface area contributed by atoms with E-state index in [2.05, 4.69) is 5.32 Å². The number of halogens is 1. The minimum absolute atomic E-state index is 0.191. The summed E-state index contributed by atoms with van der Waals surface area (Å²) in [5.41, 5.74) is 7.91. The number of aliphatic hydroxyl groups is 2. The monoisotopic (exact) mass is 544 g/mol. The summed E-state index contributed by atoms with van der Waals surface area (Å²) < 4.78 is 0. The van der Waals surface area contributed by atoms with Gasteiger partial charge in [0, 0.05) is 55.3 Å². The average molecular weight is 545 g/mol. The molecule has 206 valence electrons. The minimum atomic E-state index is -1.37. The van der Waals surface area contributed by atoms with E-state index < -0.39 is 23.8 Å². The molecule has 2 aliphatic rings. The number of carbonyl (C=O) groups excluding carboxylic acids is 1. The van der Waals surface area contributed by atoms with Gasteiger partial charge in [-0.2, -0.15) is 0 Å². The summed E-state index contributed by atoms with van der Waals surface area (Å²) in [6.07, 6.45) is 0.217.